The van der Waals surface area contributed by atoms with Gasteiger partial charge in [0.1, 0.15) is 17.3 Å². The summed E-state index contributed by atoms with van der Waals surface area (Å²) in [4.78, 5) is 1.94. The van der Waals surface area contributed by atoms with Gasteiger partial charge in [-0.15, -0.1) is 0 Å². The molecule has 0 amide bonds. The van der Waals surface area contributed by atoms with Gasteiger partial charge in [-0.1, -0.05) is 0 Å². The maximum absolute atomic E-state index is 14.4. The predicted octanol–water partition coefficient (Wildman–Crippen LogP) is 3.48. The molecule has 0 radical (unpaired) electrons. The Hall–Kier alpha value is -1.16. The largest absolute Gasteiger partial charge is 0.366 e. The third kappa shape index (κ3) is 3.94. The summed E-state index contributed by atoms with van der Waals surface area (Å²) < 4.78 is 28.9. The van der Waals surface area contributed by atoms with E-state index in [9.17, 15) is 8.78 Å². The van der Waals surface area contributed by atoms with Crippen molar-refractivity contribution in [2.45, 2.75) is 45.1 Å². The molecule has 1 aromatic carbocycles. The van der Waals surface area contributed by atoms with E-state index in [1.807, 2.05) is 11.8 Å². The molecule has 0 aromatic heterocycles. The van der Waals surface area contributed by atoms with Crippen LogP contribution >= 0.6 is 0 Å². The number of halogens is 2. The lowest BCUT2D eigenvalue weighted by Gasteiger charge is -2.26. The summed E-state index contributed by atoms with van der Waals surface area (Å²) in [5.41, 5.74) is 6.52. The lowest BCUT2D eigenvalue weighted by Crippen LogP contribution is -2.30. The van der Waals surface area contributed by atoms with Crippen LogP contribution in [0.2, 0.25) is 0 Å². The molecule has 2 saturated carbocycles. The van der Waals surface area contributed by atoms with Crippen LogP contribution in [0, 0.1) is 23.5 Å². The first kappa shape index (κ1) is 14.8. The average Bonchev–Trinajstić information content (AvgIpc) is 3.22. The average molecular weight is 294 g/mol. The lowest BCUT2D eigenvalue weighted by atomic mass is 10.1. The van der Waals surface area contributed by atoms with Crippen molar-refractivity contribution in [1.29, 1.82) is 0 Å². The summed E-state index contributed by atoms with van der Waals surface area (Å²) in [7, 11) is 0. The van der Waals surface area contributed by atoms with Crippen molar-refractivity contribution >= 4 is 5.69 Å². The van der Waals surface area contributed by atoms with Gasteiger partial charge < -0.3 is 10.6 Å². The molecule has 2 aliphatic carbocycles. The lowest BCUT2D eigenvalue weighted by molar-refractivity contribution is 0.554. The van der Waals surface area contributed by atoms with Crippen molar-refractivity contribution in [3.05, 3.63) is 29.3 Å². The van der Waals surface area contributed by atoms with Gasteiger partial charge in [-0.05, 0) is 68.6 Å². The molecular formula is C17H24F2N2. The highest BCUT2D eigenvalue weighted by Gasteiger charge is 2.31. The van der Waals surface area contributed by atoms with Gasteiger partial charge in [-0.25, -0.2) is 8.78 Å². The molecule has 0 saturated heterocycles. The summed E-state index contributed by atoms with van der Waals surface area (Å²) in [6.07, 6.45) is 5.25. The van der Waals surface area contributed by atoms with Gasteiger partial charge in [0.05, 0.1) is 0 Å². The van der Waals surface area contributed by atoms with Crippen LogP contribution in [0.3, 0.4) is 0 Å². The Balaban J connectivity index is 1.82. The molecule has 1 atom stereocenters. The van der Waals surface area contributed by atoms with Gasteiger partial charge >= 0.3 is 0 Å². The maximum Gasteiger partial charge on any atom is 0.149 e. The van der Waals surface area contributed by atoms with Crippen molar-refractivity contribution in [3.63, 3.8) is 0 Å². The highest BCUT2D eigenvalue weighted by atomic mass is 19.1. The maximum atomic E-state index is 14.4. The summed E-state index contributed by atoms with van der Waals surface area (Å²) >= 11 is 0. The number of hydrogen-bond donors (Lipinski definition) is 1. The third-order valence-corrected chi connectivity index (χ3v) is 4.30. The zero-order chi connectivity index (χ0) is 15.0. The topological polar surface area (TPSA) is 29.3 Å². The van der Waals surface area contributed by atoms with Crippen LogP contribution in [0.25, 0.3) is 0 Å². The van der Waals surface area contributed by atoms with Crippen LogP contribution < -0.4 is 10.6 Å². The van der Waals surface area contributed by atoms with Crippen LogP contribution in [0.5, 0.6) is 0 Å². The molecule has 0 spiro atoms. The predicted molar refractivity (Wildman–Crippen MR) is 81.4 cm³/mol. The Kier molecular flexibility index (Phi) is 4.16. The van der Waals surface area contributed by atoms with Gasteiger partial charge in [0.25, 0.3) is 0 Å². The smallest absolute Gasteiger partial charge is 0.149 e. The summed E-state index contributed by atoms with van der Waals surface area (Å²) in [6.45, 7) is 3.42. The zero-order valence-corrected chi connectivity index (χ0v) is 12.6. The van der Waals surface area contributed by atoms with Crippen LogP contribution in [0.15, 0.2) is 12.1 Å². The van der Waals surface area contributed by atoms with E-state index in [1.54, 1.807) is 0 Å². The van der Waals surface area contributed by atoms with E-state index in [0.29, 0.717) is 23.8 Å². The molecular weight excluding hydrogens is 270 g/mol. The highest BCUT2D eigenvalue weighted by Crippen LogP contribution is 2.37. The second-order valence-corrected chi connectivity index (χ2v) is 6.88. The van der Waals surface area contributed by atoms with E-state index >= 15 is 0 Å². The van der Waals surface area contributed by atoms with E-state index in [4.69, 9.17) is 5.73 Å². The molecule has 0 bridgehead atoms. The monoisotopic (exact) mass is 294 g/mol. The third-order valence-electron chi connectivity index (χ3n) is 4.30. The number of anilines is 1. The Morgan fingerprint density at radius 2 is 1.57 bits per heavy atom. The quantitative estimate of drug-likeness (QED) is 0.834. The SMILES string of the molecule is CC(N)Cc1cc(F)c(N(CC2CC2)CC2CC2)c(F)c1. The first-order valence-corrected chi connectivity index (χ1v) is 8.01. The summed E-state index contributed by atoms with van der Waals surface area (Å²) in [6, 6.07) is 2.81. The molecule has 2 fully saturated rings. The van der Waals surface area contributed by atoms with E-state index in [2.05, 4.69) is 0 Å². The molecule has 1 unspecified atom stereocenters. The Labute approximate surface area is 125 Å². The van der Waals surface area contributed by atoms with Crippen LogP contribution in [-0.2, 0) is 6.42 Å². The Bertz CT molecular complexity index is 471. The molecule has 3 rings (SSSR count). The fourth-order valence-corrected chi connectivity index (χ4v) is 2.89. The number of rotatable bonds is 7. The van der Waals surface area contributed by atoms with Gasteiger partial charge in [-0.2, -0.15) is 0 Å². The van der Waals surface area contributed by atoms with Crippen molar-refractivity contribution in [2.24, 2.45) is 17.6 Å². The molecule has 2 aliphatic rings. The van der Waals surface area contributed by atoms with E-state index in [0.717, 1.165) is 13.1 Å². The van der Waals surface area contributed by atoms with Crippen LogP contribution in [0.1, 0.15) is 38.2 Å². The number of nitrogens with zero attached hydrogens (tertiary/aromatic N) is 1. The Morgan fingerprint density at radius 3 is 1.95 bits per heavy atom. The minimum atomic E-state index is -0.438. The molecule has 116 valence electrons. The number of hydrogen-bond acceptors (Lipinski definition) is 2. The molecule has 21 heavy (non-hydrogen) atoms. The molecule has 4 heteroatoms. The van der Waals surface area contributed by atoms with Gasteiger partial charge in [0.15, 0.2) is 0 Å². The molecule has 2 nitrogen and oxygen atoms in total. The van der Waals surface area contributed by atoms with Crippen LogP contribution in [-0.4, -0.2) is 19.1 Å². The highest BCUT2D eigenvalue weighted by molar-refractivity contribution is 5.51. The molecule has 0 aliphatic heterocycles. The molecule has 2 N–H and O–H groups in total. The van der Waals surface area contributed by atoms with Crippen molar-refractivity contribution in [1.82, 2.24) is 0 Å². The normalized spacial score (nSPS) is 19.6. The minimum absolute atomic E-state index is 0.0938. The first-order chi connectivity index (χ1) is 10.0. The zero-order valence-electron chi connectivity index (χ0n) is 12.6. The van der Waals surface area contributed by atoms with Gasteiger partial charge in [0.2, 0.25) is 0 Å². The number of benzene rings is 1. The van der Waals surface area contributed by atoms with Gasteiger partial charge in [-0.3, -0.25) is 0 Å². The van der Waals surface area contributed by atoms with Crippen molar-refractivity contribution in [3.8, 4) is 0 Å². The summed E-state index contributed by atoms with van der Waals surface area (Å²) in [5.74, 6) is 0.358. The number of nitrogens with two attached hydrogens (primary N) is 1. The molecule has 1 aromatic rings. The second kappa shape index (κ2) is 5.91. The summed E-state index contributed by atoms with van der Waals surface area (Å²) in [5, 5.41) is 0. The standard InChI is InChI=1S/C17H24F2N2/c1-11(20)6-14-7-15(18)17(16(19)8-14)21(9-12-2-3-12)10-13-4-5-13/h7-8,11-13H,2-6,9-10,20H2,1H3. The van der Waals surface area contributed by atoms with E-state index < -0.39 is 11.6 Å². The van der Waals surface area contributed by atoms with E-state index in [-0.39, 0.29) is 11.7 Å². The second-order valence-electron chi connectivity index (χ2n) is 6.88. The van der Waals surface area contributed by atoms with Crippen molar-refractivity contribution < 1.29 is 8.78 Å². The fourth-order valence-electron chi connectivity index (χ4n) is 2.89. The Morgan fingerprint density at radius 1 is 1.10 bits per heavy atom. The first-order valence-electron chi connectivity index (χ1n) is 8.01. The van der Waals surface area contributed by atoms with E-state index in [1.165, 1.54) is 37.8 Å². The van der Waals surface area contributed by atoms with Crippen LogP contribution in [0.4, 0.5) is 14.5 Å². The fraction of sp³-hybridized carbons (Fsp3) is 0.647. The minimum Gasteiger partial charge on any atom is -0.366 e. The van der Waals surface area contributed by atoms with Crippen molar-refractivity contribution in [2.75, 3.05) is 18.0 Å². The van der Waals surface area contributed by atoms with Gasteiger partial charge in [0, 0.05) is 19.1 Å². The molecule has 0 heterocycles.